The van der Waals surface area contributed by atoms with E-state index in [0.29, 0.717) is 6.61 Å². The predicted octanol–water partition coefficient (Wildman–Crippen LogP) is 1.27. The summed E-state index contributed by atoms with van der Waals surface area (Å²) in [5.41, 5.74) is 1.18. The molecule has 0 aromatic carbocycles. The second-order valence-electron chi connectivity index (χ2n) is 5.21. The van der Waals surface area contributed by atoms with Gasteiger partial charge in [-0.1, -0.05) is 18.1 Å². The number of ether oxygens (including phenoxy) is 1. The lowest BCUT2D eigenvalue weighted by atomic mass is 9.66. The third kappa shape index (κ3) is 2.45. The number of allylic oxidation sites excluding steroid dienone is 1. The van der Waals surface area contributed by atoms with Crippen LogP contribution in [0.25, 0.3) is 0 Å². The van der Waals surface area contributed by atoms with E-state index in [1.165, 1.54) is 5.57 Å². The molecule has 18 heavy (non-hydrogen) atoms. The van der Waals surface area contributed by atoms with Crippen LogP contribution in [-0.2, 0) is 9.53 Å². The molecule has 4 nitrogen and oxygen atoms in total. The fourth-order valence-electron chi connectivity index (χ4n) is 3.33. The van der Waals surface area contributed by atoms with E-state index >= 15 is 0 Å². The van der Waals surface area contributed by atoms with Gasteiger partial charge < -0.3 is 14.9 Å². The van der Waals surface area contributed by atoms with E-state index in [1.807, 2.05) is 6.08 Å². The molecule has 1 fully saturated rings. The smallest absolute Gasteiger partial charge is 0.310 e. The summed E-state index contributed by atoms with van der Waals surface area (Å²) < 4.78 is 5.12. The Morgan fingerprint density at radius 3 is 2.94 bits per heavy atom. The molecule has 2 aliphatic carbocycles. The van der Waals surface area contributed by atoms with Crippen LogP contribution >= 0.6 is 0 Å². The van der Waals surface area contributed by atoms with Crippen molar-refractivity contribution in [3.63, 3.8) is 0 Å². The van der Waals surface area contributed by atoms with Crippen molar-refractivity contribution >= 4 is 5.97 Å². The number of hydrogen-bond donors (Lipinski definition) is 2. The molecule has 4 heteroatoms. The molecule has 0 amide bonds. The highest BCUT2D eigenvalue weighted by molar-refractivity contribution is 5.74. The average Bonchev–Trinajstić information content (AvgIpc) is 2.37. The fourth-order valence-corrected chi connectivity index (χ4v) is 3.33. The molecular formula is C14H22O4. The van der Waals surface area contributed by atoms with E-state index in [0.717, 1.165) is 25.7 Å². The molecule has 2 rings (SSSR count). The first kappa shape index (κ1) is 13.6. The molecule has 0 spiro atoms. The number of esters is 1. The Kier molecular flexibility index (Phi) is 4.40. The van der Waals surface area contributed by atoms with Gasteiger partial charge in [-0.3, -0.25) is 4.79 Å². The zero-order chi connectivity index (χ0) is 13.1. The van der Waals surface area contributed by atoms with Gasteiger partial charge in [0.2, 0.25) is 0 Å². The van der Waals surface area contributed by atoms with Crippen LogP contribution in [0.3, 0.4) is 0 Å². The minimum absolute atomic E-state index is 0.151. The van der Waals surface area contributed by atoms with Crippen LogP contribution in [-0.4, -0.2) is 35.5 Å². The van der Waals surface area contributed by atoms with Crippen molar-refractivity contribution in [1.82, 2.24) is 0 Å². The van der Waals surface area contributed by atoms with E-state index < -0.39 is 12.0 Å². The van der Waals surface area contributed by atoms with Crippen LogP contribution in [0.5, 0.6) is 0 Å². The van der Waals surface area contributed by atoms with Crippen molar-refractivity contribution in [2.24, 2.45) is 17.8 Å². The summed E-state index contributed by atoms with van der Waals surface area (Å²) in [5, 5.41) is 19.5. The normalized spacial score (nSPS) is 35.6. The highest BCUT2D eigenvalue weighted by Gasteiger charge is 2.44. The van der Waals surface area contributed by atoms with Crippen molar-refractivity contribution in [2.75, 3.05) is 13.2 Å². The Balaban J connectivity index is 2.26. The van der Waals surface area contributed by atoms with Gasteiger partial charge in [0.15, 0.2) is 0 Å². The van der Waals surface area contributed by atoms with E-state index in [9.17, 15) is 15.0 Å². The lowest BCUT2D eigenvalue weighted by Gasteiger charge is -2.40. The molecule has 0 aliphatic heterocycles. The number of rotatable bonds is 3. The molecule has 1 unspecified atom stereocenters. The summed E-state index contributed by atoms with van der Waals surface area (Å²) in [6.07, 6.45) is 5.25. The molecule has 102 valence electrons. The van der Waals surface area contributed by atoms with Crippen molar-refractivity contribution in [1.29, 1.82) is 0 Å². The molecule has 0 aromatic rings. The monoisotopic (exact) mass is 254 g/mol. The molecule has 2 aliphatic rings. The second kappa shape index (κ2) is 5.85. The third-order valence-corrected chi connectivity index (χ3v) is 4.19. The maximum Gasteiger partial charge on any atom is 0.310 e. The minimum atomic E-state index is -0.728. The summed E-state index contributed by atoms with van der Waals surface area (Å²) in [5.74, 6) is -0.924. The zero-order valence-corrected chi connectivity index (χ0v) is 10.8. The van der Waals surface area contributed by atoms with E-state index in [4.69, 9.17) is 4.74 Å². The largest absolute Gasteiger partial charge is 0.466 e. The highest BCUT2D eigenvalue weighted by atomic mass is 16.5. The maximum atomic E-state index is 12.1. The number of hydrogen-bond acceptors (Lipinski definition) is 4. The van der Waals surface area contributed by atoms with E-state index in [1.54, 1.807) is 6.92 Å². The van der Waals surface area contributed by atoms with Gasteiger partial charge in [0.05, 0.1) is 18.6 Å². The summed E-state index contributed by atoms with van der Waals surface area (Å²) in [6.45, 7) is 1.95. The van der Waals surface area contributed by atoms with Gasteiger partial charge in [-0.05, 0) is 32.1 Å². The Morgan fingerprint density at radius 2 is 2.28 bits per heavy atom. The van der Waals surface area contributed by atoms with Crippen LogP contribution in [0.2, 0.25) is 0 Å². The fraction of sp³-hybridized carbons (Fsp3) is 0.786. The number of carbonyl (C=O) groups is 1. The SMILES string of the molecule is CCOC(=O)C1[C@H]2CCCCC2=C[C@@H](O)[C@H]1CO. The lowest BCUT2D eigenvalue weighted by molar-refractivity contribution is -0.155. The minimum Gasteiger partial charge on any atom is -0.466 e. The first-order valence-corrected chi connectivity index (χ1v) is 6.85. The molecular weight excluding hydrogens is 232 g/mol. The number of aliphatic hydroxyl groups excluding tert-OH is 2. The summed E-state index contributed by atoms with van der Waals surface area (Å²) in [7, 11) is 0. The first-order valence-electron chi connectivity index (χ1n) is 6.85. The molecule has 4 atom stereocenters. The van der Waals surface area contributed by atoms with Gasteiger partial charge in [-0.25, -0.2) is 0 Å². The Hall–Kier alpha value is -0.870. The van der Waals surface area contributed by atoms with Crippen LogP contribution < -0.4 is 0 Å². The standard InChI is InChI=1S/C14H22O4/c1-2-18-14(17)13-10-6-4-3-5-9(10)7-12(16)11(13)8-15/h7,10-13,15-16H,2-6,8H2,1H3/t10-,11+,12+,13?/m0/s1. The lowest BCUT2D eigenvalue weighted by Crippen LogP contribution is -2.44. The molecule has 2 N–H and O–H groups in total. The van der Waals surface area contributed by atoms with Gasteiger partial charge >= 0.3 is 5.97 Å². The second-order valence-corrected chi connectivity index (χ2v) is 5.21. The van der Waals surface area contributed by atoms with Crippen molar-refractivity contribution in [2.45, 2.75) is 38.7 Å². The molecule has 0 heterocycles. The zero-order valence-electron chi connectivity index (χ0n) is 10.8. The van der Waals surface area contributed by atoms with Crippen molar-refractivity contribution in [3.05, 3.63) is 11.6 Å². The Labute approximate surface area is 108 Å². The van der Waals surface area contributed by atoms with Crippen LogP contribution in [0, 0.1) is 17.8 Å². The van der Waals surface area contributed by atoms with Crippen molar-refractivity contribution < 1.29 is 19.7 Å². The van der Waals surface area contributed by atoms with Crippen LogP contribution in [0.4, 0.5) is 0 Å². The average molecular weight is 254 g/mol. The maximum absolute atomic E-state index is 12.1. The topological polar surface area (TPSA) is 66.8 Å². The molecule has 0 radical (unpaired) electrons. The van der Waals surface area contributed by atoms with Gasteiger partial charge in [-0.15, -0.1) is 0 Å². The van der Waals surface area contributed by atoms with Crippen LogP contribution in [0.1, 0.15) is 32.6 Å². The quantitative estimate of drug-likeness (QED) is 0.588. The number of carbonyl (C=O) groups excluding carboxylic acids is 1. The molecule has 0 saturated heterocycles. The first-order chi connectivity index (χ1) is 8.69. The number of fused-ring (bicyclic) bond motifs is 1. The van der Waals surface area contributed by atoms with E-state index in [-0.39, 0.29) is 24.4 Å². The third-order valence-electron chi connectivity index (χ3n) is 4.19. The van der Waals surface area contributed by atoms with Crippen molar-refractivity contribution in [3.8, 4) is 0 Å². The number of aliphatic hydroxyl groups is 2. The van der Waals surface area contributed by atoms with Gasteiger partial charge in [0.25, 0.3) is 0 Å². The van der Waals surface area contributed by atoms with Gasteiger partial charge in [-0.2, -0.15) is 0 Å². The molecule has 0 aromatic heterocycles. The van der Waals surface area contributed by atoms with E-state index in [2.05, 4.69) is 0 Å². The summed E-state index contributed by atoms with van der Waals surface area (Å²) in [6, 6.07) is 0. The molecule has 1 saturated carbocycles. The molecule has 0 bridgehead atoms. The summed E-state index contributed by atoms with van der Waals surface area (Å²) >= 11 is 0. The Morgan fingerprint density at radius 1 is 1.50 bits per heavy atom. The Bertz CT molecular complexity index is 337. The predicted molar refractivity (Wildman–Crippen MR) is 66.7 cm³/mol. The summed E-state index contributed by atoms with van der Waals surface area (Å²) in [4.78, 5) is 12.1. The van der Waals surface area contributed by atoms with Gasteiger partial charge in [0.1, 0.15) is 0 Å². The highest BCUT2D eigenvalue weighted by Crippen LogP contribution is 2.43. The van der Waals surface area contributed by atoms with Gasteiger partial charge in [0, 0.05) is 12.5 Å². The van der Waals surface area contributed by atoms with Crippen LogP contribution in [0.15, 0.2) is 11.6 Å².